The molecule has 1 saturated carbocycles. The number of aliphatic hydroxyl groups is 1. The molecule has 1 rings (SSSR count). The number of nitrogens with one attached hydrogen (secondary N) is 1. The fourth-order valence-electron chi connectivity index (χ4n) is 2.29. The van der Waals surface area contributed by atoms with Crippen LogP contribution in [-0.2, 0) is 0 Å². The second-order valence-corrected chi connectivity index (χ2v) is 5.79. The van der Waals surface area contributed by atoms with E-state index in [0.29, 0.717) is 5.92 Å². The molecule has 2 heteroatoms. The van der Waals surface area contributed by atoms with Crippen LogP contribution in [0.15, 0.2) is 0 Å². The predicted molar refractivity (Wildman–Crippen MR) is 60.3 cm³/mol. The van der Waals surface area contributed by atoms with Gasteiger partial charge in [0.1, 0.15) is 0 Å². The van der Waals surface area contributed by atoms with E-state index in [0.717, 1.165) is 32.4 Å². The molecule has 1 unspecified atom stereocenters. The first-order valence-corrected chi connectivity index (χ1v) is 5.80. The molecule has 0 aliphatic heterocycles. The van der Waals surface area contributed by atoms with Gasteiger partial charge in [0.25, 0.3) is 0 Å². The predicted octanol–water partition coefficient (Wildman–Crippen LogP) is 2.17. The smallest absolute Gasteiger partial charge is 0.0822 e. The Labute approximate surface area is 88.1 Å². The van der Waals surface area contributed by atoms with Crippen molar-refractivity contribution in [3.8, 4) is 0 Å². The summed E-state index contributed by atoms with van der Waals surface area (Å²) in [5, 5.41) is 13.8. The van der Waals surface area contributed by atoms with Crippen LogP contribution in [0, 0.1) is 11.3 Å². The minimum absolute atomic E-state index is 0.0803. The number of rotatable bonds is 4. The molecule has 1 aliphatic rings. The van der Waals surface area contributed by atoms with E-state index in [1.807, 2.05) is 0 Å². The maximum atomic E-state index is 10.5. The Kier molecular flexibility index (Phi) is 3.59. The Hall–Kier alpha value is -0.0800. The van der Waals surface area contributed by atoms with Crippen LogP contribution in [0.1, 0.15) is 47.0 Å². The van der Waals surface area contributed by atoms with Crippen molar-refractivity contribution in [2.24, 2.45) is 11.3 Å². The fraction of sp³-hybridized carbons (Fsp3) is 1.00. The lowest BCUT2D eigenvalue weighted by atomic mass is 9.78. The first kappa shape index (κ1) is 12.0. The molecule has 2 N–H and O–H groups in total. The van der Waals surface area contributed by atoms with Gasteiger partial charge in [-0.25, -0.2) is 0 Å². The molecule has 0 saturated heterocycles. The molecule has 0 amide bonds. The number of hydrogen-bond acceptors (Lipinski definition) is 2. The van der Waals surface area contributed by atoms with Crippen LogP contribution < -0.4 is 5.32 Å². The van der Waals surface area contributed by atoms with E-state index in [1.165, 1.54) is 0 Å². The zero-order valence-electron chi connectivity index (χ0n) is 10.1. The molecule has 0 aromatic heterocycles. The topological polar surface area (TPSA) is 32.3 Å². The zero-order valence-corrected chi connectivity index (χ0v) is 10.1. The summed E-state index contributed by atoms with van der Waals surface area (Å²) in [6.45, 7) is 10.5. The van der Waals surface area contributed by atoms with E-state index < -0.39 is 5.60 Å². The van der Waals surface area contributed by atoms with Gasteiger partial charge in [0.15, 0.2) is 0 Å². The zero-order chi connectivity index (χ0) is 10.8. The van der Waals surface area contributed by atoms with Gasteiger partial charge in [-0.3, -0.25) is 0 Å². The van der Waals surface area contributed by atoms with Gasteiger partial charge in [-0.1, -0.05) is 27.7 Å². The molecule has 0 bridgehead atoms. The van der Waals surface area contributed by atoms with E-state index in [2.05, 4.69) is 33.0 Å². The summed E-state index contributed by atoms with van der Waals surface area (Å²) in [5.41, 5.74) is -0.404. The van der Waals surface area contributed by atoms with Gasteiger partial charge in [-0.05, 0) is 37.1 Å². The lowest BCUT2D eigenvalue weighted by Crippen LogP contribution is -2.48. The van der Waals surface area contributed by atoms with Crippen molar-refractivity contribution in [2.75, 3.05) is 13.1 Å². The lowest BCUT2D eigenvalue weighted by molar-refractivity contribution is -0.0410. The highest BCUT2D eigenvalue weighted by Gasteiger charge is 2.46. The molecule has 84 valence electrons. The van der Waals surface area contributed by atoms with Gasteiger partial charge >= 0.3 is 0 Å². The van der Waals surface area contributed by atoms with Gasteiger partial charge in [-0.15, -0.1) is 0 Å². The summed E-state index contributed by atoms with van der Waals surface area (Å²) in [6.07, 6.45) is 3.25. The summed E-state index contributed by atoms with van der Waals surface area (Å²) in [5.74, 6) is 0.656. The van der Waals surface area contributed by atoms with Gasteiger partial charge in [0.2, 0.25) is 0 Å². The van der Waals surface area contributed by atoms with Crippen molar-refractivity contribution in [3.63, 3.8) is 0 Å². The van der Waals surface area contributed by atoms with Gasteiger partial charge in [-0.2, -0.15) is 0 Å². The van der Waals surface area contributed by atoms with Gasteiger partial charge in [0.05, 0.1) is 5.60 Å². The maximum absolute atomic E-state index is 10.5. The third kappa shape index (κ3) is 2.48. The molecule has 0 spiro atoms. The van der Waals surface area contributed by atoms with Crippen LogP contribution in [-0.4, -0.2) is 23.8 Å². The number of hydrogen-bond donors (Lipinski definition) is 2. The quantitative estimate of drug-likeness (QED) is 0.727. The molecule has 14 heavy (non-hydrogen) atoms. The maximum Gasteiger partial charge on any atom is 0.0822 e. The molecule has 1 fully saturated rings. The van der Waals surface area contributed by atoms with Crippen LogP contribution in [0.4, 0.5) is 0 Å². The first-order chi connectivity index (χ1) is 6.37. The molecular formula is C12H25NO. The Bertz CT molecular complexity index is 189. The summed E-state index contributed by atoms with van der Waals surface area (Å²) in [4.78, 5) is 0. The molecule has 1 aliphatic carbocycles. The standard InChI is InChI=1S/C12H25NO/c1-10(2)8-13-9-12(14)7-5-6-11(12,3)4/h10,13-14H,5-9H2,1-4H3. The third-order valence-electron chi connectivity index (χ3n) is 3.62. The highest BCUT2D eigenvalue weighted by molar-refractivity contribution is 4.99. The van der Waals surface area contributed by atoms with Gasteiger partial charge in [0, 0.05) is 6.54 Å². The van der Waals surface area contributed by atoms with Crippen LogP contribution in [0.5, 0.6) is 0 Å². The SMILES string of the molecule is CC(C)CNCC1(O)CCCC1(C)C. The monoisotopic (exact) mass is 199 g/mol. The van der Waals surface area contributed by atoms with E-state index in [-0.39, 0.29) is 5.41 Å². The average molecular weight is 199 g/mol. The average Bonchev–Trinajstić information content (AvgIpc) is 2.26. The Morgan fingerprint density at radius 3 is 2.36 bits per heavy atom. The molecular weight excluding hydrogens is 174 g/mol. The van der Waals surface area contributed by atoms with Crippen LogP contribution in [0.3, 0.4) is 0 Å². The molecule has 2 nitrogen and oxygen atoms in total. The fourth-order valence-corrected chi connectivity index (χ4v) is 2.29. The van der Waals surface area contributed by atoms with Crippen molar-refractivity contribution in [2.45, 2.75) is 52.6 Å². The summed E-state index contributed by atoms with van der Waals surface area (Å²) in [6, 6.07) is 0. The van der Waals surface area contributed by atoms with E-state index in [4.69, 9.17) is 0 Å². The first-order valence-electron chi connectivity index (χ1n) is 5.80. The summed E-state index contributed by atoms with van der Waals surface area (Å²) in [7, 11) is 0. The molecule has 0 aromatic rings. The molecule has 0 aromatic carbocycles. The van der Waals surface area contributed by atoms with Gasteiger partial charge < -0.3 is 10.4 Å². The Balaban J connectivity index is 2.42. The Morgan fingerprint density at radius 1 is 1.29 bits per heavy atom. The molecule has 0 heterocycles. The summed E-state index contributed by atoms with van der Waals surface area (Å²) >= 11 is 0. The third-order valence-corrected chi connectivity index (χ3v) is 3.62. The van der Waals surface area contributed by atoms with Crippen LogP contribution in [0.25, 0.3) is 0 Å². The molecule has 0 radical (unpaired) electrons. The van der Waals surface area contributed by atoms with E-state index >= 15 is 0 Å². The van der Waals surface area contributed by atoms with Crippen LogP contribution >= 0.6 is 0 Å². The minimum Gasteiger partial charge on any atom is -0.388 e. The van der Waals surface area contributed by atoms with Crippen molar-refractivity contribution in [1.29, 1.82) is 0 Å². The van der Waals surface area contributed by atoms with Crippen molar-refractivity contribution < 1.29 is 5.11 Å². The Morgan fingerprint density at radius 2 is 1.93 bits per heavy atom. The second kappa shape index (κ2) is 4.19. The highest BCUT2D eigenvalue weighted by Crippen LogP contribution is 2.45. The summed E-state index contributed by atoms with van der Waals surface area (Å²) < 4.78 is 0. The van der Waals surface area contributed by atoms with Crippen molar-refractivity contribution in [1.82, 2.24) is 5.32 Å². The van der Waals surface area contributed by atoms with Crippen molar-refractivity contribution >= 4 is 0 Å². The van der Waals surface area contributed by atoms with E-state index in [1.54, 1.807) is 0 Å². The van der Waals surface area contributed by atoms with Crippen LogP contribution in [0.2, 0.25) is 0 Å². The lowest BCUT2D eigenvalue weighted by Gasteiger charge is -2.37. The molecule has 1 atom stereocenters. The minimum atomic E-state index is -0.484. The largest absolute Gasteiger partial charge is 0.388 e. The second-order valence-electron chi connectivity index (χ2n) is 5.79. The highest BCUT2D eigenvalue weighted by atomic mass is 16.3. The van der Waals surface area contributed by atoms with Crippen molar-refractivity contribution in [3.05, 3.63) is 0 Å². The normalized spacial score (nSPS) is 31.3. The van der Waals surface area contributed by atoms with E-state index in [9.17, 15) is 5.11 Å².